The number of nitrogens with one attached hydrogen (secondary N) is 1. The van der Waals surface area contributed by atoms with E-state index in [9.17, 15) is 0 Å². The van der Waals surface area contributed by atoms with E-state index in [1.165, 1.54) is 12.1 Å². The van der Waals surface area contributed by atoms with Crippen molar-refractivity contribution in [1.82, 2.24) is 9.88 Å². The van der Waals surface area contributed by atoms with Gasteiger partial charge in [0.1, 0.15) is 0 Å². The van der Waals surface area contributed by atoms with Crippen molar-refractivity contribution in [2.75, 3.05) is 19.8 Å². The average molecular weight is 206 g/mol. The van der Waals surface area contributed by atoms with Crippen molar-refractivity contribution in [3.63, 3.8) is 0 Å². The van der Waals surface area contributed by atoms with Gasteiger partial charge < -0.3 is 14.6 Å². The SMILES string of the molecule is c1cc2n(c1)CCCNC21CCOCC1. The Morgan fingerprint density at radius 3 is 3.07 bits per heavy atom. The van der Waals surface area contributed by atoms with Gasteiger partial charge in [0.05, 0.1) is 5.54 Å². The number of hydrogen-bond acceptors (Lipinski definition) is 2. The van der Waals surface area contributed by atoms with Gasteiger partial charge in [-0.3, -0.25) is 0 Å². The molecule has 3 nitrogen and oxygen atoms in total. The molecule has 1 aromatic rings. The normalized spacial score (nSPS) is 24.8. The molecule has 15 heavy (non-hydrogen) atoms. The Bertz CT molecular complexity index is 339. The summed E-state index contributed by atoms with van der Waals surface area (Å²) in [6.45, 7) is 4.05. The van der Waals surface area contributed by atoms with Crippen molar-refractivity contribution in [3.05, 3.63) is 24.0 Å². The number of rotatable bonds is 0. The Morgan fingerprint density at radius 1 is 1.33 bits per heavy atom. The Hall–Kier alpha value is -0.800. The second-order valence-corrected chi connectivity index (χ2v) is 4.56. The van der Waals surface area contributed by atoms with Gasteiger partial charge in [-0.1, -0.05) is 0 Å². The quantitative estimate of drug-likeness (QED) is 0.696. The molecule has 3 heteroatoms. The summed E-state index contributed by atoms with van der Waals surface area (Å²) in [5.74, 6) is 0. The second kappa shape index (κ2) is 3.65. The predicted molar refractivity (Wildman–Crippen MR) is 58.8 cm³/mol. The van der Waals surface area contributed by atoms with Gasteiger partial charge in [-0.05, 0) is 37.9 Å². The number of nitrogens with zero attached hydrogens (tertiary/aromatic N) is 1. The minimum atomic E-state index is 0.193. The van der Waals surface area contributed by atoms with Crippen LogP contribution in [0.5, 0.6) is 0 Å². The van der Waals surface area contributed by atoms with Gasteiger partial charge in [0.15, 0.2) is 0 Å². The van der Waals surface area contributed by atoms with Gasteiger partial charge >= 0.3 is 0 Å². The van der Waals surface area contributed by atoms with Crippen molar-refractivity contribution in [1.29, 1.82) is 0 Å². The summed E-state index contributed by atoms with van der Waals surface area (Å²) < 4.78 is 7.89. The molecule has 3 rings (SSSR count). The van der Waals surface area contributed by atoms with Gasteiger partial charge in [0.25, 0.3) is 0 Å². The highest BCUT2D eigenvalue weighted by atomic mass is 16.5. The highest BCUT2D eigenvalue weighted by molar-refractivity contribution is 5.20. The minimum absolute atomic E-state index is 0.193. The lowest BCUT2D eigenvalue weighted by molar-refractivity contribution is 0.0358. The van der Waals surface area contributed by atoms with E-state index in [0.717, 1.165) is 39.1 Å². The molecule has 0 saturated carbocycles. The van der Waals surface area contributed by atoms with E-state index in [1.54, 1.807) is 0 Å². The molecule has 0 aliphatic carbocycles. The molecule has 0 bridgehead atoms. The predicted octanol–water partition coefficient (Wildman–Crippen LogP) is 1.49. The largest absolute Gasteiger partial charge is 0.381 e. The molecule has 2 aliphatic rings. The summed E-state index contributed by atoms with van der Waals surface area (Å²) >= 11 is 0. The Labute approximate surface area is 90.4 Å². The molecular formula is C12H18N2O. The standard InChI is InChI=1S/C12H18N2O/c1-3-11-12(4-9-15-10-5-12)13-6-2-8-14(11)7-1/h1,3,7,13H,2,4-6,8-10H2. The Kier molecular flexibility index (Phi) is 2.29. The molecule has 0 amide bonds. The molecule has 2 aliphatic heterocycles. The lowest BCUT2D eigenvalue weighted by atomic mass is 9.86. The van der Waals surface area contributed by atoms with Crippen LogP contribution < -0.4 is 5.32 Å². The van der Waals surface area contributed by atoms with Crippen LogP contribution in [0.25, 0.3) is 0 Å². The molecular weight excluding hydrogens is 188 g/mol. The number of hydrogen-bond donors (Lipinski definition) is 1. The van der Waals surface area contributed by atoms with Crippen molar-refractivity contribution in [2.45, 2.75) is 31.3 Å². The van der Waals surface area contributed by atoms with E-state index in [2.05, 4.69) is 28.2 Å². The topological polar surface area (TPSA) is 26.2 Å². The highest BCUT2D eigenvalue weighted by Crippen LogP contribution is 2.33. The molecule has 1 spiro atoms. The average Bonchev–Trinajstić information content (AvgIpc) is 2.69. The van der Waals surface area contributed by atoms with Crippen LogP contribution in [0.1, 0.15) is 25.0 Å². The summed E-state index contributed by atoms with van der Waals surface area (Å²) in [4.78, 5) is 0. The molecule has 3 heterocycles. The third kappa shape index (κ3) is 1.50. The first-order chi connectivity index (χ1) is 7.41. The molecule has 0 aromatic carbocycles. The number of fused-ring (bicyclic) bond motifs is 2. The molecule has 0 atom stereocenters. The molecule has 82 valence electrons. The fourth-order valence-electron chi connectivity index (χ4n) is 2.86. The molecule has 1 saturated heterocycles. The van der Waals surface area contributed by atoms with E-state index < -0.39 is 0 Å². The molecule has 1 aromatic heterocycles. The maximum absolute atomic E-state index is 5.48. The van der Waals surface area contributed by atoms with Crippen LogP contribution in [0.2, 0.25) is 0 Å². The van der Waals surface area contributed by atoms with E-state index in [4.69, 9.17) is 4.74 Å². The number of aromatic nitrogens is 1. The maximum atomic E-state index is 5.48. The number of ether oxygens (including phenoxy) is 1. The first kappa shape index (κ1) is 9.43. The van der Waals surface area contributed by atoms with Gasteiger partial charge in [-0.2, -0.15) is 0 Å². The molecule has 0 radical (unpaired) electrons. The summed E-state index contributed by atoms with van der Waals surface area (Å²) in [6.07, 6.45) is 5.65. The summed E-state index contributed by atoms with van der Waals surface area (Å²) in [5.41, 5.74) is 1.65. The molecule has 1 fully saturated rings. The molecule has 0 unspecified atom stereocenters. The van der Waals surface area contributed by atoms with Crippen molar-refractivity contribution in [3.8, 4) is 0 Å². The summed E-state index contributed by atoms with van der Waals surface area (Å²) in [5, 5.41) is 3.74. The first-order valence-corrected chi connectivity index (χ1v) is 5.89. The minimum Gasteiger partial charge on any atom is -0.381 e. The van der Waals surface area contributed by atoms with Crippen molar-refractivity contribution >= 4 is 0 Å². The van der Waals surface area contributed by atoms with E-state index in [0.29, 0.717) is 0 Å². The highest BCUT2D eigenvalue weighted by Gasteiger charge is 2.36. The maximum Gasteiger partial charge on any atom is 0.0632 e. The second-order valence-electron chi connectivity index (χ2n) is 4.56. The van der Waals surface area contributed by atoms with Crippen LogP contribution in [-0.2, 0) is 16.8 Å². The fraction of sp³-hybridized carbons (Fsp3) is 0.667. The van der Waals surface area contributed by atoms with E-state index in [1.807, 2.05) is 0 Å². The van der Waals surface area contributed by atoms with Crippen LogP contribution in [0.15, 0.2) is 18.3 Å². The summed E-state index contributed by atoms with van der Waals surface area (Å²) in [7, 11) is 0. The third-order valence-electron chi connectivity index (χ3n) is 3.71. The summed E-state index contributed by atoms with van der Waals surface area (Å²) in [6, 6.07) is 4.43. The van der Waals surface area contributed by atoms with Crippen LogP contribution in [0, 0.1) is 0 Å². The van der Waals surface area contributed by atoms with Crippen molar-refractivity contribution in [2.24, 2.45) is 0 Å². The van der Waals surface area contributed by atoms with Crippen LogP contribution >= 0.6 is 0 Å². The van der Waals surface area contributed by atoms with Gasteiger partial charge in [-0.15, -0.1) is 0 Å². The monoisotopic (exact) mass is 206 g/mol. The fourth-order valence-corrected chi connectivity index (χ4v) is 2.86. The zero-order chi connectivity index (χ0) is 10.1. The van der Waals surface area contributed by atoms with Crippen molar-refractivity contribution < 1.29 is 4.74 Å². The van der Waals surface area contributed by atoms with Gasteiger partial charge in [0.2, 0.25) is 0 Å². The zero-order valence-corrected chi connectivity index (χ0v) is 9.04. The Morgan fingerprint density at radius 2 is 2.20 bits per heavy atom. The van der Waals surface area contributed by atoms with Crippen LogP contribution in [0.4, 0.5) is 0 Å². The van der Waals surface area contributed by atoms with Crippen LogP contribution in [0.3, 0.4) is 0 Å². The smallest absolute Gasteiger partial charge is 0.0632 e. The Balaban J connectivity index is 2.00. The molecule has 1 N–H and O–H groups in total. The zero-order valence-electron chi connectivity index (χ0n) is 9.04. The third-order valence-corrected chi connectivity index (χ3v) is 3.71. The first-order valence-electron chi connectivity index (χ1n) is 5.89. The van der Waals surface area contributed by atoms with Gasteiger partial charge in [0, 0.05) is 31.6 Å². The van der Waals surface area contributed by atoms with Gasteiger partial charge in [-0.25, -0.2) is 0 Å². The van der Waals surface area contributed by atoms with Crippen LogP contribution in [-0.4, -0.2) is 24.3 Å². The lowest BCUT2D eigenvalue weighted by Crippen LogP contribution is -2.46. The number of aryl methyl sites for hydroxylation is 1. The van der Waals surface area contributed by atoms with E-state index >= 15 is 0 Å². The van der Waals surface area contributed by atoms with E-state index in [-0.39, 0.29) is 5.54 Å². The lowest BCUT2D eigenvalue weighted by Gasteiger charge is -2.37.